The number of hydrogen-bond acceptors (Lipinski definition) is 2. The van der Waals surface area contributed by atoms with Gasteiger partial charge in [-0.15, -0.1) is 0 Å². The molecule has 0 N–H and O–H groups in total. The van der Waals surface area contributed by atoms with E-state index in [0.717, 1.165) is 18.1 Å². The minimum Gasteiger partial charge on any atom is -0.344 e. The van der Waals surface area contributed by atoms with Crippen LogP contribution in [0.4, 0.5) is 5.69 Å². The van der Waals surface area contributed by atoms with Crippen molar-refractivity contribution < 1.29 is 4.79 Å². The van der Waals surface area contributed by atoms with Gasteiger partial charge in [-0.2, -0.15) is 0 Å². The molecule has 0 unspecified atom stereocenters. The summed E-state index contributed by atoms with van der Waals surface area (Å²) in [6, 6.07) is 6.08. The summed E-state index contributed by atoms with van der Waals surface area (Å²) in [7, 11) is 0. The standard InChI is InChI=1S/C16H22N2O/c1-7-17-13(4)18(15(19)16(17,5)6)14-9-8-11(2)12(3)10-14/h8-10H,4,7H2,1-3,5-6H3. The number of aryl methyl sites for hydroxylation is 2. The van der Waals surface area contributed by atoms with Crippen molar-refractivity contribution in [2.75, 3.05) is 11.4 Å². The van der Waals surface area contributed by atoms with Crippen LogP contribution in [0, 0.1) is 13.8 Å². The van der Waals surface area contributed by atoms with E-state index in [1.807, 2.05) is 43.9 Å². The molecule has 1 saturated heterocycles. The van der Waals surface area contributed by atoms with Gasteiger partial charge in [0.2, 0.25) is 0 Å². The molecule has 0 aromatic heterocycles. The Kier molecular flexibility index (Phi) is 3.17. The zero-order valence-electron chi connectivity index (χ0n) is 12.4. The second-order valence-electron chi connectivity index (χ2n) is 5.63. The molecule has 1 heterocycles. The molecule has 1 fully saturated rings. The number of amides is 1. The Morgan fingerprint density at radius 1 is 1.21 bits per heavy atom. The van der Waals surface area contributed by atoms with Gasteiger partial charge in [0.1, 0.15) is 11.4 Å². The van der Waals surface area contributed by atoms with Crippen molar-refractivity contribution in [2.24, 2.45) is 0 Å². The molecule has 1 amide bonds. The Balaban J connectivity index is 2.48. The number of carbonyl (C=O) groups is 1. The van der Waals surface area contributed by atoms with Crippen molar-refractivity contribution in [3.8, 4) is 0 Å². The lowest BCUT2D eigenvalue weighted by molar-refractivity contribution is -0.123. The topological polar surface area (TPSA) is 23.6 Å². The third-order valence-corrected chi connectivity index (χ3v) is 4.04. The van der Waals surface area contributed by atoms with Crippen LogP contribution < -0.4 is 4.90 Å². The fraction of sp³-hybridized carbons (Fsp3) is 0.438. The molecule has 1 aromatic rings. The molecule has 0 bridgehead atoms. The number of benzene rings is 1. The molecule has 1 aromatic carbocycles. The highest BCUT2D eigenvalue weighted by Crippen LogP contribution is 2.36. The molecule has 1 aliphatic heterocycles. The smallest absolute Gasteiger partial charge is 0.257 e. The third kappa shape index (κ3) is 1.93. The first-order chi connectivity index (χ1) is 8.80. The minimum atomic E-state index is -0.523. The minimum absolute atomic E-state index is 0.0857. The Bertz CT molecular complexity index is 546. The summed E-state index contributed by atoms with van der Waals surface area (Å²) in [4.78, 5) is 16.4. The molecule has 1 aliphatic rings. The summed E-state index contributed by atoms with van der Waals surface area (Å²) in [6.45, 7) is 14.9. The van der Waals surface area contributed by atoms with Crippen molar-refractivity contribution in [3.63, 3.8) is 0 Å². The molecule has 0 radical (unpaired) electrons. The van der Waals surface area contributed by atoms with Crippen LogP contribution in [0.2, 0.25) is 0 Å². The molecule has 3 heteroatoms. The number of likely N-dealkylation sites (N-methyl/N-ethyl adjacent to an activating group) is 1. The van der Waals surface area contributed by atoms with E-state index in [0.29, 0.717) is 0 Å². The van der Waals surface area contributed by atoms with Crippen molar-refractivity contribution >= 4 is 11.6 Å². The van der Waals surface area contributed by atoms with Gasteiger partial charge in [-0.05, 0) is 57.9 Å². The first-order valence-corrected chi connectivity index (χ1v) is 6.69. The molecule has 0 spiro atoms. The fourth-order valence-corrected chi connectivity index (χ4v) is 2.66. The highest BCUT2D eigenvalue weighted by atomic mass is 16.2. The molecule has 0 saturated carbocycles. The van der Waals surface area contributed by atoms with E-state index in [1.165, 1.54) is 11.1 Å². The average molecular weight is 258 g/mol. The van der Waals surface area contributed by atoms with E-state index in [9.17, 15) is 4.79 Å². The number of rotatable bonds is 2. The lowest BCUT2D eigenvalue weighted by Crippen LogP contribution is -2.43. The first kappa shape index (κ1) is 13.7. The molecular weight excluding hydrogens is 236 g/mol. The Morgan fingerprint density at radius 3 is 2.32 bits per heavy atom. The second kappa shape index (κ2) is 4.41. The molecule has 102 valence electrons. The lowest BCUT2D eigenvalue weighted by Gasteiger charge is -2.28. The van der Waals surface area contributed by atoms with E-state index in [-0.39, 0.29) is 5.91 Å². The predicted molar refractivity (Wildman–Crippen MR) is 79.0 cm³/mol. The third-order valence-electron chi connectivity index (χ3n) is 4.04. The van der Waals surface area contributed by atoms with Gasteiger partial charge in [-0.25, -0.2) is 0 Å². The van der Waals surface area contributed by atoms with Crippen LogP contribution in [0.5, 0.6) is 0 Å². The van der Waals surface area contributed by atoms with Crippen LogP contribution in [-0.4, -0.2) is 22.9 Å². The summed E-state index contributed by atoms with van der Waals surface area (Å²) in [5.41, 5.74) is 2.80. The van der Waals surface area contributed by atoms with E-state index in [4.69, 9.17) is 0 Å². The normalized spacial score (nSPS) is 18.4. The van der Waals surface area contributed by atoms with Gasteiger partial charge < -0.3 is 4.90 Å². The molecule has 0 atom stereocenters. The van der Waals surface area contributed by atoms with Crippen LogP contribution in [0.25, 0.3) is 0 Å². The largest absolute Gasteiger partial charge is 0.344 e. The second-order valence-corrected chi connectivity index (χ2v) is 5.63. The maximum Gasteiger partial charge on any atom is 0.257 e. The summed E-state index contributed by atoms with van der Waals surface area (Å²) >= 11 is 0. The predicted octanol–water partition coefficient (Wildman–Crippen LogP) is 3.22. The monoisotopic (exact) mass is 258 g/mol. The van der Waals surface area contributed by atoms with Crippen molar-refractivity contribution in [2.45, 2.75) is 40.2 Å². The summed E-state index contributed by atoms with van der Waals surface area (Å²) in [5.74, 6) is 0.850. The van der Waals surface area contributed by atoms with Crippen molar-refractivity contribution in [1.29, 1.82) is 0 Å². The average Bonchev–Trinajstić information content (AvgIpc) is 2.50. The lowest BCUT2D eigenvalue weighted by atomic mass is 10.0. The number of nitrogens with zero attached hydrogens (tertiary/aromatic N) is 2. The quantitative estimate of drug-likeness (QED) is 0.813. The maximum absolute atomic E-state index is 12.6. The van der Waals surface area contributed by atoms with Gasteiger partial charge in [0.15, 0.2) is 0 Å². The fourth-order valence-electron chi connectivity index (χ4n) is 2.66. The molecule has 3 nitrogen and oxygen atoms in total. The van der Waals surface area contributed by atoms with E-state index < -0.39 is 5.54 Å². The number of hydrogen-bond donors (Lipinski definition) is 0. The molecular formula is C16H22N2O. The zero-order chi connectivity index (χ0) is 14.4. The van der Waals surface area contributed by atoms with E-state index in [1.54, 1.807) is 4.90 Å². The summed E-state index contributed by atoms with van der Waals surface area (Å²) in [6.07, 6.45) is 0. The molecule has 0 aliphatic carbocycles. The highest BCUT2D eigenvalue weighted by Gasteiger charge is 2.47. The molecule has 19 heavy (non-hydrogen) atoms. The van der Waals surface area contributed by atoms with Crippen LogP contribution in [0.1, 0.15) is 31.9 Å². The number of carbonyl (C=O) groups excluding carboxylic acids is 1. The van der Waals surface area contributed by atoms with E-state index in [2.05, 4.69) is 20.4 Å². The Morgan fingerprint density at radius 2 is 1.84 bits per heavy atom. The van der Waals surface area contributed by atoms with Gasteiger partial charge >= 0.3 is 0 Å². The van der Waals surface area contributed by atoms with Crippen LogP contribution in [0.3, 0.4) is 0 Å². The Labute approximate surface area is 115 Å². The van der Waals surface area contributed by atoms with Crippen molar-refractivity contribution in [3.05, 3.63) is 41.7 Å². The van der Waals surface area contributed by atoms with Crippen LogP contribution >= 0.6 is 0 Å². The maximum atomic E-state index is 12.6. The van der Waals surface area contributed by atoms with Crippen LogP contribution in [0.15, 0.2) is 30.6 Å². The number of anilines is 1. The van der Waals surface area contributed by atoms with Gasteiger partial charge in [0, 0.05) is 6.54 Å². The van der Waals surface area contributed by atoms with Gasteiger partial charge in [0.05, 0.1) is 5.69 Å². The highest BCUT2D eigenvalue weighted by molar-refractivity contribution is 6.05. The van der Waals surface area contributed by atoms with Gasteiger partial charge in [-0.1, -0.05) is 12.6 Å². The zero-order valence-corrected chi connectivity index (χ0v) is 12.4. The Hall–Kier alpha value is -1.77. The van der Waals surface area contributed by atoms with E-state index >= 15 is 0 Å². The summed E-state index contributed by atoms with van der Waals surface area (Å²) < 4.78 is 0. The summed E-state index contributed by atoms with van der Waals surface area (Å²) in [5, 5.41) is 0. The molecule has 2 rings (SSSR count). The first-order valence-electron chi connectivity index (χ1n) is 6.69. The van der Waals surface area contributed by atoms with Gasteiger partial charge in [-0.3, -0.25) is 9.69 Å². The SMILES string of the molecule is C=C1N(c2ccc(C)c(C)c2)C(=O)C(C)(C)N1CC. The van der Waals surface area contributed by atoms with Gasteiger partial charge in [0.25, 0.3) is 5.91 Å². The van der Waals surface area contributed by atoms with Crippen molar-refractivity contribution in [1.82, 2.24) is 4.90 Å². The van der Waals surface area contributed by atoms with Crippen LogP contribution in [-0.2, 0) is 4.79 Å².